The molecule has 3 rings (SSSR count). The summed E-state index contributed by atoms with van der Waals surface area (Å²) in [6.07, 6.45) is 1.03. The van der Waals surface area contributed by atoms with Gasteiger partial charge in [-0.3, -0.25) is 4.79 Å². The molecule has 23 heavy (non-hydrogen) atoms. The number of para-hydroxylation sites is 1. The van der Waals surface area contributed by atoms with E-state index in [1.54, 1.807) is 6.07 Å². The third-order valence-electron chi connectivity index (χ3n) is 3.38. The molecule has 3 aromatic rings. The summed E-state index contributed by atoms with van der Waals surface area (Å²) in [5.74, 6) is 1.20. The van der Waals surface area contributed by atoms with Crippen molar-refractivity contribution in [2.75, 3.05) is 5.32 Å². The minimum absolute atomic E-state index is 0.109. The first-order chi connectivity index (χ1) is 11.2. The average Bonchev–Trinajstić information content (AvgIpc) is 3.00. The van der Waals surface area contributed by atoms with E-state index in [0.717, 1.165) is 15.9 Å². The van der Waals surface area contributed by atoms with Gasteiger partial charge in [0.1, 0.15) is 5.82 Å². The Labute approximate surface area is 141 Å². The van der Waals surface area contributed by atoms with E-state index in [4.69, 9.17) is 0 Å². The van der Waals surface area contributed by atoms with Crippen LogP contribution in [0.1, 0.15) is 26.1 Å². The van der Waals surface area contributed by atoms with Gasteiger partial charge in [-0.2, -0.15) is 0 Å². The number of anilines is 1. The van der Waals surface area contributed by atoms with E-state index in [1.807, 2.05) is 18.2 Å². The minimum Gasteiger partial charge on any atom is -0.358 e. The van der Waals surface area contributed by atoms with Crippen LogP contribution in [-0.4, -0.2) is 26.2 Å². The summed E-state index contributed by atoms with van der Waals surface area (Å²) in [7, 11) is 0. The molecule has 0 amide bonds. The van der Waals surface area contributed by atoms with Gasteiger partial charge in [0.25, 0.3) is 5.56 Å². The molecule has 1 aromatic carbocycles. The Bertz CT molecular complexity index is 860. The van der Waals surface area contributed by atoms with Crippen LogP contribution in [0.2, 0.25) is 0 Å². The van der Waals surface area contributed by atoms with Gasteiger partial charge in [-0.25, -0.2) is 4.98 Å². The van der Waals surface area contributed by atoms with Crippen LogP contribution >= 0.6 is 23.1 Å². The fourth-order valence-electron chi connectivity index (χ4n) is 1.97. The lowest BCUT2D eigenvalue weighted by Gasteiger charge is -2.07. The number of H-pyrrole nitrogens is 1. The lowest BCUT2D eigenvalue weighted by atomic mass is 10.2. The molecule has 2 N–H and O–H groups in total. The molecule has 0 aliphatic carbocycles. The molecule has 8 heteroatoms. The second kappa shape index (κ2) is 7.10. The van der Waals surface area contributed by atoms with Gasteiger partial charge in [-0.05, 0) is 25.5 Å². The summed E-state index contributed by atoms with van der Waals surface area (Å²) < 4.78 is 0.853. The smallest absolute Gasteiger partial charge is 0.258 e. The first-order valence-electron chi connectivity index (χ1n) is 7.36. The summed E-state index contributed by atoms with van der Waals surface area (Å²) in [4.78, 5) is 19.3. The van der Waals surface area contributed by atoms with Crippen molar-refractivity contribution >= 4 is 39.1 Å². The number of nitrogens with zero attached hydrogens (tertiary/aromatic N) is 3. The third-order valence-corrected chi connectivity index (χ3v) is 5.38. The van der Waals surface area contributed by atoms with Gasteiger partial charge >= 0.3 is 0 Å². The zero-order valence-electron chi connectivity index (χ0n) is 12.9. The van der Waals surface area contributed by atoms with Crippen LogP contribution in [0.3, 0.4) is 0 Å². The zero-order chi connectivity index (χ0) is 16.2. The van der Waals surface area contributed by atoms with Gasteiger partial charge in [-0.15, -0.1) is 10.2 Å². The molecule has 2 aromatic heterocycles. The Kier molecular flexibility index (Phi) is 4.92. The average molecular weight is 347 g/mol. The second-order valence-corrected chi connectivity index (χ2v) is 7.35. The first-order valence-corrected chi connectivity index (χ1v) is 9.16. The van der Waals surface area contributed by atoms with Crippen molar-refractivity contribution in [1.29, 1.82) is 0 Å². The number of hydrogen-bond acceptors (Lipinski definition) is 7. The van der Waals surface area contributed by atoms with Gasteiger partial charge in [-0.1, -0.05) is 42.2 Å². The Hall–Kier alpha value is -1.93. The lowest BCUT2D eigenvalue weighted by molar-refractivity contribution is 0.759. The van der Waals surface area contributed by atoms with Crippen molar-refractivity contribution in [3.63, 3.8) is 0 Å². The molecule has 0 fully saturated rings. The second-order valence-electron chi connectivity index (χ2n) is 5.15. The summed E-state index contributed by atoms with van der Waals surface area (Å²) in [6.45, 7) is 4.23. The highest BCUT2D eigenvalue weighted by Crippen LogP contribution is 2.28. The van der Waals surface area contributed by atoms with Crippen LogP contribution in [0.5, 0.6) is 0 Å². The Morgan fingerprint density at radius 1 is 1.35 bits per heavy atom. The van der Waals surface area contributed by atoms with Crippen LogP contribution in [0, 0.1) is 0 Å². The largest absolute Gasteiger partial charge is 0.358 e. The van der Waals surface area contributed by atoms with Gasteiger partial charge < -0.3 is 10.3 Å². The van der Waals surface area contributed by atoms with E-state index < -0.39 is 0 Å². The molecule has 120 valence electrons. The number of benzene rings is 1. The standard InChI is InChI=1S/C15H17N5OS2/c1-3-9(2)16-14-19-20-15(23-14)22-8-12-17-11-7-5-4-6-10(11)13(21)18-12/h4-7,9H,3,8H2,1-2H3,(H,16,19)(H,17,18,21)/t9-/m0/s1. The predicted octanol–water partition coefficient (Wildman–Crippen LogP) is 3.28. The number of rotatable bonds is 6. The first kappa shape index (κ1) is 15.9. The number of thioether (sulfide) groups is 1. The molecule has 0 saturated heterocycles. The highest BCUT2D eigenvalue weighted by molar-refractivity contribution is 8.00. The molecule has 0 bridgehead atoms. The number of fused-ring (bicyclic) bond motifs is 1. The number of aromatic nitrogens is 4. The van der Waals surface area contributed by atoms with Crippen LogP contribution in [0.15, 0.2) is 33.4 Å². The van der Waals surface area contributed by atoms with Gasteiger partial charge in [0.05, 0.1) is 16.7 Å². The maximum Gasteiger partial charge on any atom is 0.258 e. The highest BCUT2D eigenvalue weighted by Gasteiger charge is 2.09. The van der Waals surface area contributed by atoms with Crippen molar-refractivity contribution < 1.29 is 0 Å². The fraction of sp³-hybridized carbons (Fsp3) is 0.333. The Morgan fingerprint density at radius 3 is 3.00 bits per heavy atom. The number of hydrogen-bond donors (Lipinski definition) is 2. The number of aromatic amines is 1. The summed E-state index contributed by atoms with van der Waals surface area (Å²) in [6, 6.07) is 7.71. The number of nitrogens with one attached hydrogen (secondary N) is 2. The third kappa shape index (κ3) is 3.89. The quantitative estimate of drug-likeness (QED) is 0.666. The highest BCUT2D eigenvalue weighted by atomic mass is 32.2. The predicted molar refractivity (Wildman–Crippen MR) is 95.2 cm³/mol. The molecular weight excluding hydrogens is 330 g/mol. The minimum atomic E-state index is -0.109. The van der Waals surface area contributed by atoms with E-state index in [-0.39, 0.29) is 5.56 Å². The lowest BCUT2D eigenvalue weighted by Crippen LogP contribution is -2.12. The van der Waals surface area contributed by atoms with Gasteiger partial charge in [0.2, 0.25) is 5.13 Å². The molecule has 0 unspecified atom stereocenters. The topological polar surface area (TPSA) is 83.6 Å². The van der Waals surface area contributed by atoms with E-state index >= 15 is 0 Å². The van der Waals surface area contributed by atoms with E-state index in [0.29, 0.717) is 28.5 Å². The Balaban J connectivity index is 1.70. The van der Waals surface area contributed by atoms with Gasteiger partial charge in [0, 0.05) is 6.04 Å². The van der Waals surface area contributed by atoms with Crippen LogP contribution in [0.25, 0.3) is 10.9 Å². The van der Waals surface area contributed by atoms with Crippen LogP contribution < -0.4 is 10.9 Å². The molecular formula is C15H17N5OS2. The molecule has 0 saturated carbocycles. The van der Waals surface area contributed by atoms with Crippen molar-refractivity contribution in [2.24, 2.45) is 0 Å². The molecule has 0 radical (unpaired) electrons. The maximum atomic E-state index is 12.0. The fourth-order valence-corrected chi connectivity index (χ4v) is 3.71. The molecule has 1 atom stereocenters. The van der Waals surface area contributed by atoms with Crippen LogP contribution in [-0.2, 0) is 5.75 Å². The van der Waals surface area contributed by atoms with E-state index in [1.165, 1.54) is 23.1 Å². The Morgan fingerprint density at radius 2 is 2.17 bits per heavy atom. The zero-order valence-corrected chi connectivity index (χ0v) is 14.5. The van der Waals surface area contributed by atoms with E-state index in [2.05, 4.69) is 39.3 Å². The van der Waals surface area contributed by atoms with E-state index in [9.17, 15) is 4.79 Å². The summed E-state index contributed by atoms with van der Waals surface area (Å²) >= 11 is 3.03. The molecule has 0 spiro atoms. The van der Waals surface area contributed by atoms with Crippen molar-refractivity contribution in [3.05, 3.63) is 40.4 Å². The van der Waals surface area contributed by atoms with Crippen molar-refractivity contribution in [3.8, 4) is 0 Å². The monoisotopic (exact) mass is 347 g/mol. The normalized spacial score (nSPS) is 12.4. The maximum absolute atomic E-state index is 12.0. The van der Waals surface area contributed by atoms with Crippen molar-refractivity contribution in [1.82, 2.24) is 20.2 Å². The molecule has 2 heterocycles. The molecule has 0 aliphatic rings. The van der Waals surface area contributed by atoms with Gasteiger partial charge in [0.15, 0.2) is 4.34 Å². The summed E-state index contributed by atoms with van der Waals surface area (Å²) in [5.41, 5.74) is 0.603. The van der Waals surface area contributed by atoms with Crippen LogP contribution in [0.4, 0.5) is 5.13 Å². The molecule has 0 aliphatic heterocycles. The SMILES string of the molecule is CC[C@H](C)Nc1nnc(SCc2nc3ccccc3c(=O)[nH]2)s1. The molecule has 6 nitrogen and oxygen atoms in total. The summed E-state index contributed by atoms with van der Waals surface area (Å²) in [5, 5.41) is 13.0. The van der Waals surface area contributed by atoms with Crippen molar-refractivity contribution in [2.45, 2.75) is 36.4 Å².